The maximum atomic E-state index is 6.36. The fraction of sp³-hybridized carbons (Fsp3) is 0.200. The zero-order chi connectivity index (χ0) is 16.8. The molecule has 0 unspecified atom stereocenters. The molecule has 0 atom stereocenters. The standard InChI is InChI=1S/C20H19ClO3/c1-2-22-20-17-11-7-6-10-16(17)19(14-18(20)21)24-13-12-23-15-8-4-3-5-9-15/h3-11,14H,2,12-13H2,1H3. The number of benzene rings is 3. The van der Waals surface area contributed by atoms with Crippen molar-refractivity contribution in [1.29, 1.82) is 0 Å². The van der Waals surface area contributed by atoms with Gasteiger partial charge in [-0.2, -0.15) is 0 Å². The Hall–Kier alpha value is -2.39. The molecule has 0 aliphatic heterocycles. The van der Waals surface area contributed by atoms with Crippen LogP contribution in [-0.2, 0) is 0 Å². The van der Waals surface area contributed by atoms with Gasteiger partial charge in [0.2, 0.25) is 0 Å². The summed E-state index contributed by atoms with van der Waals surface area (Å²) in [6.07, 6.45) is 0. The van der Waals surface area contributed by atoms with Crippen LogP contribution >= 0.6 is 11.6 Å². The number of halogens is 1. The van der Waals surface area contributed by atoms with E-state index in [2.05, 4.69) is 0 Å². The molecule has 3 aromatic rings. The molecule has 24 heavy (non-hydrogen) atoms. The molecule has 0 aromatic heterocycles. The van der Waals surface area contributed by atoms with Crippen LogP contribution in [0, 0.1) is 0 Å². The predicted octanol–water partition coefficient (Wildman–Crippen LogP) is 5.35. The molecule has 0 N–H and O–H groups in total. The van der Waals surface area contributed by atoms with E-state index in [1.165, 1.54) is 0 Å². The van der Waals surface area contributed by atoms with Gasteiger partial charge in [0.25, 0.3) is 0 Å². The smallest absolute Gasteiger partial charge is 0.145 e. The molecule has 0 bridgehead atoms. The lowest BCUT2D eigenvalue weighted by atomic mass is 10.1. The third kappa shape index (κ3) is 3.74. The molecule has 0 aliphatic rings. The van der Waals surface area contributed by atoms with Gasteiger partial charge in [-0.3, -0.25) is 0 Å². The van der Waals surface area contributed by atoms with Gasteiger partial charge in [-0.25, -0.2) is 0 Å². The number of hydrogen-bond donors (Lipinski definition) is 0. The van der Waals surface area contributed by atoms with E-state index in [-0.39, 0.29) is 0 Å². The fourth-order valence-electron chi connectivity index (χ4n) is 2.52. The third-order valence-corrected chi connectivity index (χ3v) is 3.83. The quantitative estimate of drug-likeness (QED) is 0.542. The summed E-state index contributed by atoms with van der Waals surface area (Å²) in [7, 11) is 0. The monoisotopic (exact) mass is 342 g/mol. The fourth-order valence-corrected chi connectivity index (χ4v) is 2.78. The maximum absolute atomic E-state index is 6.36. The molecular formula is C20H19ClO3. The molecule has 0 radical (unpaired) electrons. The second-order valence-corrected chi connectivity index (χ2v) is 5.58. The molecule has 4 heteroatoms. The highest BCUT2D eigenvalue weighted by Crippen LogP contribution is 2.39. The number of ether oxygens (including phenoxy) is 3. The highest BCUT2D eigenvalue weighted by atomic mass is 35.5. The summed E-state index contributed by atoms with van der Waals surface area (Å²) in [5, 5.41) is 2.48. The van der Waals surface area contributed by atoms with Crippen molar-refractivity contribution in [2.75, 3.05) is 19.8 Å². The van der Waals surface area contributed by atoms with Crippen LogP contribution in [0.2, 0.25) is 5.02 Å². The molecule has 0 saturated heterocycles. The van der Waals surface area contributed by atoms with E-state index in [9.17, 15) is 0 Å². The van der Waals surface area contributed by atoms with E-state index < -0.39 is 0 Å². The third-order valence-electron chi connectivity index (χ3n) is 3.55. The Bertz CT molecular complexity index is 803. The minimum atomic E-state index is 0.434. The zero-order valence-electron chi connectivity index (χ0n) is 13.5. The van der Waals surface area contributed by atoms with Gasteiger partial charge in [0.05, 0.1) is 11.6 Å². The van der Waals surface area contributed by atoms with Crippen LogP contribution < -0.4 is 14.2 Å². The molecule has 0 amide bonds. The predicted molar refractivity (Wildman–Crippen MR) is 97.6 cm³/mol. The Morgan fingerprint density at radius 3 is 2.21 bits per heavy atom. The first-order chi connectivity index (χ1) is 11.8. The van der Waals surface area contributed by atoms with Gasteiger partial charge in [0, 0.05) is 16.8 Å². The molecule has 3 nitrogen and oxygen atoms in total. The van der Waals surface area contributed by atoms with Gasteiger partial charge in [-0.1, -0.05) is 54.1 Å². The van der Waals surface area contributed by atoms with Gasteiger partial charge in [-0.05, 0) is 19.1 Å². The van der Waals surface area contributed by atoms with Crippen LogP contribution in [0.1, 0.15) is 6.92 Å². The van der Waals surface area contributed by atoms with Gasteiger partial charge >= 0.3 is 0 Å². The molecule has 3 aromatic carbocycles. The summed E-state index contributed by atoms with van der Waals surface area (Å²) in [5.41, 5.74) is 0. The molecular weight excluding hydrogens is 324 g/mol. The summed E-state index contributed by atoms with van der Waals surface area (Å²) in [4.78, 5) is 0. The first kappa shape index (κ1) is 16.5. The van der Waals surface area contributed by atoms with Gasteiger partial charge in [0.1, 0.15) is 30.5 Å². The summed E-state index contributed by atoms with van der Waals surface area (Å²) in [5.74, 6) is 2.26. The number of fused-ring (bicyclic) bond motifs is 1. The Morgan fingerprint density at radius 2 is 1.46 bits per heavy atom. The van der Waals surface area contributed by atoms with Crippen LogP contribution in [0.15, 0.2) is 60.7 Å². The lowest BCUT2D eigenvalue weighted by Crippen LogP contribution is -2.09. The van der Waals surface area contributed by atoms with Gasteiger partial charge < -0.3 is 14.2 Å². The Kier molecular flexibility index (Phi) is 5.44. The number of rotatable bonds is 7. The van der Waals surface area contributed by atoms with Gasteiger partial charge in [0.15, 0.2) is 0 Å². The van der Waals surface area contributed by atoms with E-state index >= 15 is 0 Å². The van der Waals surface area contributed by atoms with E-state index in [0.717, 1.165) is 22.3 Å². The van der Waals surface area contributed by atoms with Crippen LogP contribution in [0.25, 0.3) is 10.8 Å². The van der Waals surface area contributed by atoms with Crippen LogP contribution in [-0.4, -0.2) is 19.8 Å². The summed E-state index contributed by atoms with van der Waals surface area (Å²) in [6, 6.07) is 19.4. The second kappa shape index (κ2) is 7.93. The van der Waals surface area contributed by atoms with E-state index in [4.69, 9.17) is 25.8 Å². The van der Waals surface area contributed by atoms with Crippen molar-refractivity contribution in [2.24, 2.45) is 0 Å². The maximum Gasteiger partial charge on any atom is 0.145 e. The topological polar surface area (TPSA) is 27.7 Å². The molecule has 0 aliphatic carbocycles. The van der Waals surface area contributed by atoms with Crippen molar-refractivity contribution in [1.82, 2.24) is 0 Å². The van der Waals surface area contributed by atoms with Crippen molar-refractivity contribution >= 4 is 22.4 Å². The Morgan fingerprint density at radius 1 is 0.792 bits per heavy atom. The number of para-hydroxylation sites is 1. The Labute approximate surface area is 146 Å². The van der Waals surface area contributed by atoms with Crippen LogP contribution in [0.4, 0.5) is 0 Å². The lowest BCUT2D eigenvalue weighted by Gasteiger charge is -2.15. The minimum Gasteiger partial charge on any atom is -0.492 e. The van der Waals surface area contributed by atoms with Crippen molar-refractivity contribution in [3.05, 3.63) is 65.7 Å². The normalized spacial score (nSPS) is 10.6. The highest BCUT2D eigenvalue weighted by Gasteiger charge is 2.12. The van der Waals surface area contributed by atoms with E-state index in [1.54, 1.807) is 6.07 Å². The summed E-state index contributed by atoms with van der Waals surface area (Å²) >= 11 is 6.36. The SMILES string of the molecule is CCOc1c(Cl)cc(OCCOc2ccccc2)c2ccccc12. The highest BCUT2D eigenvalue weighted by molar-refractivity contribution is 6.33. The average Bonchev–Trinajstić information content (AvgIpc) is 2.62. The molecule has 0 heterocycles. The van der Waals surface area contributed by atoms with Crippen LogP contribution in [0.5, 0.6) is 17.2 Å². The summed E-state index contributed by atoms with van der Waals surface area (Å²) in [6.45, 7) is 3.40. The number of hydrogen-bond acceptors (Lipinski definition) is 3. The van der Waals surface area contributed by atoms with Crippen molar-refractivity contribution in [3.63, 3.8) is 0 Å². The Balaban J connectivity index is 1.74. The van der Waals surface area contributed by atoms with Gasteiger partial charge in [-0.15, -0.1) is 0 Å². The molecule has 0 spiro atoms. The average molecular weight is 343 g/mol. The van der Waals surface area contributed by atoms with Crippen LogP contribution in [0.3, 0.4) is 0 Å². The van der Waals surface area contributed by atoms with Crippen molar-refractivity contribution < 1.29 is 14.2 Å². The van der Waals surface area contributed by atoms with Crippen molar-refractivity contribution in [2.45, 2.75) is 6.92 Å². The molecule has 3 rings (SSSR count). The lowest BCUT2D eigenvalue weighted by molar-refractivity contribution is 0.218. The minimum absolute atomic E-state index is 0.434. The van der Waals surface area contributed by atoms with Crippen molar-refractivity contribution in [3.8, 4) is 17.2 Å². The molecule has 0 fully saturated rings. The second-order valence-electron chi connectivity index (χ2n) is 5.17. The first-order valence-corrected chi connectivity index (χ1v) is 8.32. The molecule has 0 saturated carbocycles. The largest absolute Gasteiger partial charge is 0.492 e. The first-order valence-electron chi connectivity index (χ1n) is 7.94. The molecule has 124 valence electrons. The van der Waals surface area contributed by atoms with E-state index in [1.807, 2.05) is 61.5 Å². The summed E-state index contributed by atoms with van der Waals surface area (Å²) < 4.78 is 17.2. The zero-order valence-corrected chi connectivity index (χ0v) is 14.3. The van der Waals surface area contributed by atoms with E-state index in [0.29, 0.717) is 30.6 Å².